The Balaban J connectivity index is 2.10. The number of thiophene rings is 1. The quantitative estimate of drug-likeness (QED) is 0.937. The minimum absolute atomic E-state index is 0.114. The Labute approximate surface area is 112 Å². The summed E-state index contributed by atoms with van der Waals surface area (Å²) in [6.45, 7) is 0. The maximum Gasteiger partial charge on any atom is 0.266 e. The Morgan fingerprint density at radius 2 is 2.00 bits per heavy atom. The van der Waals surface area contributed by atoms with Crippen molar-refractivity contribution in [2.45, 2.75) is 0 Å². The van der Waals surface area contributed by atoms with Gasteiger partial charge in [-0.3, -0.25) is 4.79 Å². The molecule has 88 valence electrons. The summed E-state index contributed by atoms with van der Waals surface area (Å²) in [5.74, 6) is 0.650. The molecule has 0 bridgehead atoms. The molecule has 17 heavy (non-hydrogen) atoms. The van der Waals surface area contributed by atoms with Crippen LogP contribution in [0.1, 0.15) is 9.67 Å². The van der Waals surface area contributed by atoms with Crippen molar-refractivity contribution in [2.24, 2.45) is 0 Å². The van der Waals surface area contributed by atoms with Crippen LogP contribution in [0.4, 0.5) is 5.69 Å². The van der Waals surface area contributed by atoms with E-state index in [1.165, 1.54) is 11.3 Å². The standard InChI is InChI=1S/C12H10BrNO2S/c1-16-9-4-2-8(3-5-9)14-12(15)11-10(13)6-7-17-11/h2-7H,1H3,(H,14,15). The van der Waals surface area contributed by atoms with Crippen molar-refractivity contribution >= 4 is 38.9 Å². The smallest absolute Gasteiger partial charge is 0.266 e. The number of anilines is 1. The molecule has 1 aromatic carbocycles. The van der Waals surface area contributed by atoms with Gasteiger partial charge in [0.15, 0.2) is 0 Å². The van der Waals surface area contributed by atoms with E-state index in [4.69, 9.17) is 4.74 Å². The summed E-state index contributed by atoms with van der Waals surface area (Å²) in [7, 11) is 1.61. The Morgan fingerprint density at radius 3 is 2.53 bits per heavy atom. The average Bonchev–Trinajstić information content (AvgIpc) is 2.76. The van der Waals surface area contributed by atoms with Crippen molar-refractivity contribution in [2.75, 3.05) is 12.4 Å². The number of hydrogen-bond donors (Lipinski definition) is 1. The van der Waals surface area contributed by atoms with E-state index in [9.17, 15) is 4.79 Å². The van der Waals surface area contributed by atoms with Gasteiger partial charge in [0.05, 0.1) is 7.11 Å². The molecule has 0 aliphatic carbocycles. The van der Waals surface area contributed by atoms with Crippen molar-refractivity contribution < 1.29 is 9.53 Å². The van der Waals surface area contributed by atoms with Crippen molar-refractivity contribution in [3.63, 3.8) is 0 Å². The molecule has 0 aliphatic rings. The number of nitrogens with one attached hydrogen (secondary N) is 1. The molecular weight excluding hydrogens is 302 g/mol. The average molecular weight is 312 g/mol. The summed E-state index contributed by atoms with van der Waals surface area (Å²) in [6.07, 6.45) is 0. The summed E-state index contributed by atoms with van der Waals surface area (Å²) >= 11 is 4.73. The van der Waals surface area contributed by atoms with Gasteiger partial charge in [-0.05, 0) is 51.6 Å². The van der Waals surface area contributed by atoms with Crippen LogP contribution in [0.15, 0.2) is 40.2 Å². The van der Waals surface area contributed by atoms with E-state index in [2.05, 4.69) is 21.2 Å². The first-order chi connectivity index (χ1) is 8.20. The van der Waals surface area contributed by atoms with Crippen LogP contribution in [0.2, 0.25) is 0 Å². The van der Waals surface area contributed by atoms with Gasteiger partial charge >= 0.3 is 0 Å². The zero-order valence-corrected chi connectivity index (χ0v) is 11.5. The third-order valence-corrected chi connectivity index (χ3v) is 4.01. The number of carbonyl (C=O) groups excluding carboxylic acids is 1. The van der Waals surface area contributed by atoms with E-state index < -0.39 is 0 Å². The van der Waals surface area contributed by atoms with Crippen LogP contribution < -0.4 is 10.1 Å². The second-order valence-electron chi connectivity index (χ2n) is 3.28. The largest absolute Gasteiger partial charge is 0.497 e. The minimum Gasteiger partial charge on any atom is -0.497 e. The molecule has 1 N–H and O–H groups in total. The Bertz CT molecular complexity index is 522. The second kappa shape index (κ2) is 5.33. The maximum atomic E-state index is 11.9. The fraction of sp³-hybridized carbons (Fsp3) is 0.0833. The van der Waals surface area contributed by atoms with Gasteiger partial charge in [0.1, 0.15) is 10.6 Å². The summed E-state index contributed by atoms with van der Waals surface area (Å²) in [4.78, 5) is 12.6. The second-order valence-corrected chi connectivity index (χ2v) is 5.05. The lowest BCUT2D eigenvalue weighted by molar-refractivity contribution is 0.103. The first-order valence-electron chi connectivity index (χ1n) is 4.89. The number of carbonyl (C=O) groups is 1. The van der Waals surface area contributed by atoms with E-state index in [1.54, 1.807) is 31.4 Å². The van der Waals surface area contributed by atoms with Gasteiger partial charge in [-0.2, -0.15) is 0 Å². The monoisotopic (exact) mass is 311 g/mol. The molecule has 0 saturated heterocycles. The predicted molar refractivity (Wildman–Crippen MR) is 73.0 cm³/mol. The molecule has 2 aromatic rings. The first-order valence-corrected chi connectivity index (χ1v) is 6.56. The van der Waals surface area contributed by atoms with E-state index in [0.717, 1.165) is 15.9 Å². The molecule has 0 aliphatic heterocycles. The van der Waals surface area contributed by atoms with Crippen LogP contribution >= 0.6 is 27.3 Å². The summed E-state index contributed by atoms with van der Waals surface area (Å²) in [5.41, 5.74) is 0.746. The van der Waals surface area contributed by atoms with Crippen LogP contribution in [-0.2, 0) is 0 Å². The highest BCUT2D eigenvalue weighted by molar-refractivity contribution is 9.10. The van der Waals surface area contributed by atoms with Crippen LogP contribution in [0.5, 0.6) is 5.75 Å². The van der Waals surface area contributed by atoms with Crippen molar-refractivity contribution in [3.05, 3.63) is 45.1 Å². The lowest BCUT2D eigenvalue weighted by Crippen LogP contribution is -2.10. The van der Waals surface area contributed by atoms with E-state index in [1.807, 2.05) is 11.4 Å². The van der Waals surface area contributed by atoms with Gasteiger partial charge in [-0.25, -0.2) is 0 Å². The van der Waals surface area contributed by atoms with Crippen LogP contribution in [-0.4, -0.2) is 13.0 Å². The minimum atomic E-state index is -0.114. The number of benzene rings is 1. The zero-order chi connectivity index (χ0) is 12.3. The highest BCUT2D eigenvalue weighted by Gasteiger charge is 2.11. The number of methoxy groups -OCH3 is 1. The van der Waals surface area contributed by atoms with Gasteiger partial charge in [0.2, 0.25) is 0 Å². The third-order valence-electron chi connectivity index (χ3n) is 2.17. The molecule has 5 heteroatoms. The maximum absolute atomic E-state index is 11.9. The molecule has 0 radical (unpaired) electrons. The van der Waals surface area contributed by atoms with E-state index in [-0.39, 0.29) is 5.91 Å². The van der Waals surface area contributed by atoms with E-state index in [0.29, 0.717) is 4.88 Å². The molecule has 2 rings (SSSR count). The van der Waals surface area contributed by atoms with Crippen LogP contribution in [0.3, 0.4) is 0 Å². The number of rotatable bonds is 3. The summed E-state index contributed by atoms with van der Waals surface area (Å²) in [6, 6.07) is 9.07. The molecule has 0 saturated carbocycles. The van der Waals surface area contributed by atoms with Crippen molar-refractivity contribution in [1.82, 2.24) is 0 Å². The number of amides is 1. The number of ether oxygens (including phenoxy) is 1. The van der Waals surface area contributed by atoms with Crippen molar-refractivity contribution in [3.8, 4) is 5.75 Å². The fourth-order valence-electron chi connectivity index (χ4n) is 1.32. The van der Waals surface area contributed by atoms with Gasteiger partial charge in [0, 0.05) is 10.2 Å². The third kappa shape index (κ3) is 2.87. The van der Waals surface area contributed by atoms with Gasteiger partial charge in [-0.1, -0.05) is 0 Å². The van der Waals surface area contributed by atoms with E-state index >= 15 is 0 Å². The first kappa shape index (κ1) is 12.1. The predicted octanol–water partition coefficient (Wildman–Crippen LogP) is 3.77. The summed E-state index contributed by atoms with van der Waals surface area (Å²) < 4.78 is 5.86. The van der Waals surface area contributed by atoms with Gasteiger partial charge < -0.3 is 10.1 Å². The molecule has 0 unspecified atom stereocenters. The lowest BCUT2D eigenvalue weighted by atomic mass is 10.3. The summed E-state index contributed by atoms with van der Waals surface area (Å²) in [5, 5.41) is 4.69. The molecule has 1 amide bonds. The van der Waals surface area contributed by atoms with Gasteiger partial charge in [-0.15, -0.1) is 11.3 Å². The topological polar surface area (TPSA) is 38.3 Å². The highest BCUT2D eigenvalue weighted by atomic mass is 79.9. The molecule has 1 aromatic heterocycles. The Morgan fingerprint density at radius 1 is 1.29 bits per heavy atom. The number of hydrogen-bond acceptors (Lipinski definition) is 3. The van der Waals surface area contributed by atoms with Gasteiger partial charge in [0.25, 0.3) is 5.91 Å². The van der Waals surface area contributed by atoms with Crippen LogP contribution in [0.25, 0.3) is 0 Å². The number of halogens is 1. The zero-order valence-electron chi connectivity index (χ0n) is 9.07. The van der Waals surface area contributed by atoms with Crippen LogP contribution in [0, 0.1) is 0 Å². The highest BCUT2D eigenvalue weighted by Crippen LogP contribution is 2.24. The molecule has 0 fully saturated rings. The molecular formula is C12H10BrNO2S. The van der Waals surface area contributed by atoms with Crippen molar-refractivity contribution in [1.29, 1.82) is 0 Å². The lowest BCUT2D eigenvalue weighted by Gasteiger charge is -2.05. The Kier molecular flexibility index (Phi) is 3.81. The Hall–Kier alpha value is -1.33. The molecule has 1 heterocycles. The normalized spacial score (nSPS) is 10.0. The molecule has 3 nitrogen and oxygen atoms in total. The SMILES string of the molecule is COc1ccc(NC(=O)c2sccc2Br)cc1. The molecule has 0 atom stereocenters. The fourth-order valence-corrected chi connectivity index (χ4v) is 2.76. The molecule has 0 spiro atoms.